The standard InChI is InChI=1S/C15H20FNO/c1-11-7-8-17(9-12(11)2)10-15(18)13-5-3-4-6-14(13)16/h3-6,11-12H,7-10H2,1-2H3. The summed E-state index contributed by atoms with van der Waals surface area (Å²) in [6, 6.07) is 6.22. The number of benzene rings is 1. The van der Waals surface area contributed by atoms with Crippen molar-refractivity contribution in [2.75, 3.05) is 19.6 Å². The van der Waals surface area contributed by atoms with Gasteiger partial charge in [-0.25, -0.2) is 4.39 Å². The monoisotopic (exact) mass is 249 g/mol. The van der Waals surface area contributed by atoms with Gasteiger partial charge in [-0.15, -0.1) is 0 Å². The van der Waals surface area contributed by atoms with Crippen molar-refractivity contribution in [1.82, 2.24) is 4.90 Å². The van der Waals surface area contributed by atoms with E-state index < -0.39 is 5.82 Å². The molecule has 0 bridgehead atoms. The maximum absolute atomic E-state index is 13.5. The lowest BCUT2D eigenvalue weighted by molar-refractivity contribution is 0.0845. The van der Waals surface area contributed by atoms with E-state index in [0.717, 1.165) is 19.5 Å². The zero-order valence-corrected chi connectivity index (χ0v) is 11.0. The van der Waals surface area contributed by atoms with Gasteiger partial charge in [0.05, 0.1) is 12.1 Å². The first-order chi connectivity index (χ1) is 8.58. The molecule has 2 atom stereocenters. The topological polar surface area (TPSA) is 20.3 Å². The van der Waals surface area contributed by atoms with Crippen molar-refractivity contribution in [3.8, 4) is 0 Å². The normalized spacial score (nSPS) is 25.1. The van der Waals surface area contributed by atoms with Gasteiger partial charge in [-0.2, -0.15) is 0 Å². The summed E-state index contributed by atoms with van der Waals surface area (Å²) in [4.78, 5) is 14.2. The number of carbonyl (C=O) groups is 1. The van der Waals surface area contributed by atoms with E-state index in [1.807, 2.05) is 0 Å². The molecule has 0 amide bonds. The first-order valence-electron chi connectivity index (χ1n) is 6.58. The van der Waals surface area contributed by atoms with Crippen LogP contribution in [0.2, 0.25) is 0 Å². The molecular formula is C15H20FNO. The Kier molecular flexibility index (Phi) is 4.12. The third kappa shape index (κ3) is 2.96. The Labute approximate surface area is 108 Å². The number of ketones is 1. The van der Waals surface area contributed by atoms with Crippen molar-refractivity contribution in [2.24, 2.45) is 11.8 Å². The Bertz CT molecular complexity index is 432. The summed E-state index contributed by atoms with van der Waals surface area (Å²) in [5, 5.41) is 0. The summed E-state index contributed by atoms with van der Waals surface area (Å²) in [5.41, 5.74) is 0.212. The van der Waals surface area contributed by atoms with Crippen molar-refractivity contribution in [1.29, 1.82) is 0 Å². The minimum atomic E-state index is -0.416. The highest BCUT2D eigenvalue weighted by Gasteiger charge is 2.24. The molecule has 0 aromatic heterocycles. The number of carbonyl (C=O) groups excluding carboxylic acids is 1. The predicted octanol–water partition coefficient (Wildman–Crippen LogP) is 2.99. The highest BCUT2D eigenvalue weighted by molar-refractivity contribution is 5.97. The number of likely N-dealkylation sites (tertiary alicyclic amines) is 1. The van der Waals surface area contributed by atoms with Crippen molar-refractivity contribution < 1.29 is 9.18 Å². The van der Waals surface area contributed by atoms with Crippen molar-refractivity contribution in [3.63, 3.8) is 0 Å². The highest BCUT2D eigenvalue weighted by Crippen LogP contribution is 2.22. The second-order valence-electron chi connectivity index (χ2n) is 5.38. The van der Waals surface area contributed by atoms with Crippen LogP contribution in [-0.4, -0.2) is 30.3 Å². The van der Waals surface area contributed by atoms with E-state index in [-0.39, 0.29) is 11.3 Å². The Balaban J connectivity index is 1.98. The van der Waals surface area contributed by atoms with Gasteiger partial charge in [0.15, 0.2) is 5.78 Å². The lowest BCUT2D eigenvalue weighted by atomic mass is 9.88. The number of hydrogen-bond donors (Lipinski definition) is 0. The fourth-order valence-corrected chi connectivity index (χ4v) is 2.47. The molecule has 2 rings (SSSR count). The quantitative estimate of drug-likeness (QED) is 0.768. The van der Waals surface area contributed by atoms with Crippen LogP contribution in [0, 0.1) is 17.7 Å². The smallest absolute Gasteiger partial charge is 0.179 e. The summed E-state index contributed by atoms with van der Waals surface area (Å²) in [6.07, 6.45) is 1.12. The molecule has 3 heteroatoms. The molecule has 2 nitrogen and oxygen atoms in total. The number of rotatable bonds is 3. The molecule has 1 aromatic carbocycles. The molecule has 0 N–H and O–H groups in total. The van der Waals surface area contributed by atoms with Crippen LogP contribution in [0.25, 0.3) is 0 Å². The van der Waals surface area contributed by atoms with E-state index in [4.69, 9.17) is 0 Å². The molecule has 1 aliphatic rings. The molecule has 0 aliphatic carbocycles. The molecule has 98 valence electrons. The molecule has 1 saturated heterocycles. The summed E-state index contributed by atoms with van der Waals surface area (Å²) in [7, 11) is 0. The van der Waals surface area contributed by atoms with E-state index in [9.17, 15) is 9.18 Å². The number of nitrogens with zero attached hydrogens (tertiary/aromatic N) is 1. The van der Waals surface area contributed by atoms with Gasteiger partial charge in [-0.3, -0.25) is 9.69 Å². The van der Waals surface area contributed by atoms with Gasteiger partial charge in [-0.05, 0) is 36.9 Å². The molecule has 1 heterocycles. The van der Waals surface area contributed by atoms with Crippen LogP contribution in [0.3, 0.4) is 0 Å². The van der Waals surface area contributed by atoms with Crippen molar-refractivity contribution in [3.05, 3.63) is 35.6 Å². The van der Waals surface area contributed by atoms with E-state index in [0.29, 0.717) is 18.4 Å². The van der Waals surface area contributed by atoms with Gasteiger partial charge in [-0.1, -0.05) is 26.0 Å². The van der Waals surface area contributed by atoms with Crippen LogP contribution in [-0.2, 0) is 0 Å². The zero-order chi connectivity index (χ0) is 13.1. The molecule has 1 fully saturated rings. The van der Waals surface area contributed by atoms with Crippen LogP contribution < -0.4 is 0 Å². The SMILES string of the molecule is CC1CCN(CC(=O)c2ccccc2F)CC1C. The number of piperidine rings is 1. The zero-order valence-electron chi connectivity index (χ0n) is 11.0. The number of halogens is 1. The fourth-order valence-electron chi connectivity index (χ4n) is 2.47. The lowest BCUT2D eigenvalue weighted by Crippen LogP contribution is -2.41. The van der Waals surface area contributed by atoms with Crippen LogP contribution >= 0.6 is 0 Å². The van der Waals surface area contributed by atoms with Crippen LogP contribution in [0.4, 0.5) is 4.39 Å². The Morgan fingerprint density at radius 3 is 2.72 bits per heavy atom. The summed E-state index contributed by atoms with van der Waals surface area (Å²) in [5.74, 6) is 0.785. The van der Waals surface area contributed by atoms with Crippen LogP contribution in [0.1, 0.15) is 30.6 Å². The summed E-state index contributed by atoms with van der Waals surface area (Å²) in [6.45, 7) is 6.66. The molecule has 1 aliphatic heterocycles. The van der Waals surface area contributed by atoms with Gasteiger partial charge < -0.3 is 0 Å². The molecule has 0 spiro atoms. The van der Waals surface area contributed by atoms with E-state index in [2.05, 4.69) is 18.7 Å². The molecule has 2 unspecified atom stereocenters. The highest BCUT2D eigenvalue weighted by atomic mass is 19.1. The molecule has 0 saturated carbocycles. The molecule has 0 radical (unpaired) electrons. The maximum atomic E-state index is 13.5. The number of hydrogen-bond acceptors (Lipinski definition) is 2. The Hall–Kier alpha value is -1.22. The van der Waals surface area contributed by atoms with Gasteiger partial charge in [0, 0.05) is 6.54 Å². The van der Waals surface area contributed by atoms with Crippen molar-refractivity contribution in [2.45, 2.75) is 20.3 Å². The molecular weight excluding hydrogens is 229 g/mol. The number of Topliss-reactive ketones (excluding diaryl/α,β-unsaturated/α-hetero) is 1. The molecule has 18 heavy (non-hydrogen) atoms. The van der Waals surface area contributed by atoms with Gasteiger partial charge >= 0.3 is 0 Å². The summed E-state index contributed by atoms with van der Waals surface area (Å²) < 4.78 is 13.5. The minimum Gasteiger partial charge on any atom is -0.296 e. The average Bonchev–Trinajstić information content (AvgIpc) is 2.34. The maximum Gasteiger partial charge on any atom is 0.179 e. The average molecular weight is 249 g/mol. The predicted molar refractivity (Wildman–Crippen MR) is 70.1 cm³/mol. The van der Waals surface area contributed by atoms with Crippen LogP contribution in [0.15, 0.2) is 24.3 Å². The first-order valence-corrected chi connectivity index (χ1v) is 6.58. The van der Waals surface area contributed by atoms with Gasteiger partial charge in [0.2, 0.25) is 0 Å². The Morgan fingerprint density at radius 1 is 1.33 bits per heavy atom. The Morgan fingerprint density at radius 2 is 2.06 bits per heavy atom. The lowest BCUT2D eigenvalue weighted by Gasteiger charge is -2.34. The van der Waals surface area contributed by atoms with E-state index in [1.54, 1.807) is 18.2 Å². The second kappa shape index (κ2) is 5.61. The third-order valence-corrected chi connectivity index (χ3v) is 3.96. The third-order valence-electron chi connectivity index (χ3n) is 3.96. The van der Waals surface area contributed by atoms with E-state index >= 15 is 0 Å². The van der Waals surface area contributed by atoms with E-state index in [1.165, 1.54) is 6.07 Å². The second-order valence-corrected chi connectivity index (χ2v) is 5.38. The van der Waals surface area contributed by atoms with Gasteiger partial charge in [0.1, 0.15) is 5.82 Å². The first kappa shape index (κ1) is 13.2. The van der Waals surface area contributed by atoms with Gasteiger partial charge in [0.25, 0.3) is 0 Å². The minimum absolute atomic E-state index is 0.116. The fraction of sp³-hybridized carbons (Fsp3) is 0.533. The van der Waals surface area contributed by atoms with Crippen LogP contribution in [0.5, 0.6) is 0 Å². The van der Waals surface area contributed by atoms with Crippen molar-refractivity contribution >= 4 is 5.78 Å². The largest absolute Gasteiger partial charge is 0.296 e. The summed E-state index contributed by atoms with van der Waals surface area (Å²) >= 11 is 0. The molecule has 1 aromatic rings.